The quantitative estimate of drug-likeness (QED) is 0.564. The van der Waals surface area contributed by atoms with Crippen molar-refractivity contribution in [2.75, 3.05) is 26.2 Å². The minimum Gasteiger partial charge on any atom is -0.330 e. The summed E-state index contributed by atoms with van der Waals surface area (Å²) in [6.07, 6.45) is 7.05. The van der Waals surface area contributed by atoms with Gasteiger partial charge in [-0.25, -0.2) is 0 Å². The van der Waals surface area contributed by atoms with E-state index in [4.69, 9.17) is 5.73 Å². The van der Waals surface area contributed by atoms with E-state index in [1.807, 2.05) is 6.08 Å². The van der Waals surface area contributed by atoms with Crippen molar-refractivity contribution in [1.29, 1.82) is 0 Å². The van der Waals surface area contributed by atoms with Crippen molar-refractivity contribution in [1.82, 2.24) is 4.90 Å². The van der Waals surface area contributed by atoms with Gasteiger partial charge in [0.2, 0.25) is 0 Å². The SMILES string of the molecule is C=CCN(CC)CCCC(CC)CCN. The average molecular weight is 212 g/mol. The van der Waals surface area contributed by atoms with E-state index in [0.717, 1.165) is 25.6 Å². The Kier molecular flexibility index (Phi) is 9.96. The summed E-state index contributed by atoms with van der Waals surface area (Å²) < 4.78 is 0. The minimum absolute atomic E-state index is 0.831. The highest BCUT2D eigenvalue weighted by Gasteiger charge is 2.06. The molecule has 15 heavy (non-hydrogen) atoms. The van der Waals surface area contributed by atoms with Crippen LogP contribution in [0.1, 0.15) is 39.5 Å². The lowest BCUT2D eigenvalue weighted by Gasteiger charge is -2.20. The van der Waals surface area contributed by atoms with Crippen molar-refractivity contribution in [3.63, 3.8) is 0 Å². The summed E-state index contributed by atoms with van der Waals surface area (Å²) >= 11 is 0. The van der Waals surface area contributed by atoms with Crippen LogP contribution in [-0.2, 0) is 0 Å². The molecule has 0 heterocycles. The first-order chi connectivity index (χ1) is 7.28. The van der Waals surface area contributed by atoms with E-state index < -0.39 is 0 Å². The van der Waals surface area contributed by atoms with Crippen LogP contribution in [0.4, 0.5) is 0 Å². The molecule has 0 aliphatic rings. The molecule has 0 fully saturated rings. The van der Waals surface area contributed by atoms with E-state index in [1.54, 1.807) is 0 Å². The Bertz CT molecular complexity index is 145. The first kappa shape index (κ1) is 14.7. The van der Waals surface area contributed by atoms with E-state index in [1.165, 1.54) is 32.2 Å². The number of nitrogens with two attached hydrogens (primary N) is 1. The van der Waals surface area contributed by atoms with Crippen molar-refractivity contribution >= 4 is 0 Å². The first-order valence-electron chi connectivity index (χ1n) is 6.31. The minimum atomic E-state index is 0.831. The molecule has 0 aromatic rings. The molecular weight excluding hydrogens is 184 g/mol. The van der Waals surface area contributed by atoms with Gasteiger partial charge in [-0.15, -0.1) is 6.58 Å². The predicted octanol–water partition coefficient (Wildman–Crippen LogP) is 2.65. The maximum Gasteiger partial charge on any atom is 0.0160 e. The van der Waals surface area contributed by atoms with Crippen molar-refractivity contribution in [2.45, 2.75) is 39.5 Å². The lowest BCUT2D eigenvalue weighted by molar-refractivity contribution is 0.295. The number of rotatable bonds is 10. The lowest BCUT2D eigenvalue weighted by Crippen LogP contribution is -2.25. The molecule has 0 aromatic carbocycles. The van der Waals surface area contributed by atoms with Crippen LogP contribution >= 0.6 is 0 Å². The monoisotopic (exact) mass is 212 g/mol. The standard InChI is InChI=1S/C13H28N2/c1-4-11-15(6-3)12-7-8-13(5-2)9-10-14/h4,13H,1,5-12,14H2,2-3H3. The fraction of sp³-hybridized carbons (Fsp3) is 0.846. The Morgan fingerprint density at radius 3 is 2.53 bits per heavy atom. The van der Waals surface area contributed by atoms with Gasteiger partial charge in [0.05, 0.1) is 0 Å². The van der Waals surface area contributed by atoms with E-state index in [9.17, 15) is 0 Å². The summed E-state index contributed by atoms with van der Waals surface area (Å²) in [5, 5.41) is 0. The second-order valence-electron chi connectivity index (χ2n) is 4.18. The van der Waals surface area contributed by atoms with Gasteiger partial charge >= 0.3 is 0 Å². The van der Waals surface area contributed by atoms with Crippen molar-refractivity contribution in [3.05, 3.63) is 12.7 Å². The van der Waals surface area contributed by atoms with Crippen LogP contribution in [0.25, 0.3) is 0 Å². The third kappa shape index (κ3) is 7.57. The summed E-state index contributed by atoms with van der Waals surface area (Å²) in [7, 11) is 0. The van der Waals surface area contributed by atoms with Crippen LogP contribution < -0.4 is 5.73 Å². The Morgan fingerprint density at radius 2 is 2.07 bits per heavy atom. The van der Waals surface area contributed by atoms with E-state index in [0.29, 0.717) is 0 Å². The van der Waals surface area contributed by atoms with E-state index in [-0.39, 0.29) is 0 Å². The predicted molar refractivity (Wildman–Crippen MR) is 69.0 cm³/mol. The fourth-order valence-corrected chi connectivity index (χ4v) is 1.95. The van der Waals surface area contributed by atoms with Crippen molar-refractivity contribution < 1.29 is 0 Å². The Labute approximate surface area is 95.5 Å². The smallest absolute Gasteiger partial charge is 0.0160 e. The molecule has 1 unspecified atom stereocenters. The van der Waals surface area contributed by atoms with Gasteiger partial charge in [0.1, 0.15) is 0 Å². The van der Waals surface area contributed by atoms with Crippen LogP contribution in [0.5, 0.6) is 0 Å². The molecule has 0 saturated carbocycles. The number of nitrogens with zero attached hydrogens (tertiary/aromatic N) is 1. The van der Waals surface area contributed by atoms with E-state index in [2.05, 4.69) is 25.3 Å². The molecule has 0 radical (unpaired) electrons. The number of hydrogen-bond donors (Lipinski definition) is 1. The second kappa shape index (κ2) is 10.2. The van der Waals surface area contributed by atoms with Crippen molar-refractivity contribution in [2.24, 2.45) is 11.7 Å². The molecule has 90 valence electrons. The van der Waals surface area contributed by atoms with Crippen LogP contribution in [0.15, 0.2) is 12.7 Å². The van der Waals surface area contributed by atoms with Gasteiger partial charge in [-0.2, -0.15) is 0 Å². The molecule has 0 rings (SSSR count). The van der Waals surface area contributed by atoms with E-state index >= 15 is 0 Å². The maximum atomic E-state index is 5.59. The molecule has 2 nitrogen and oxygen atoms in total. The normalized spacial score (nSPS) is 13.1. The Morgan fingerprint density at radius 1 is 1.33 bits per heavy atom. The third-order valence-corrected chi connectivity index (χ3v) is 3.07. The van der Waals surface area contributed by atoms with Gasteiger partial charge in [-0.05, 0) is 44.8 Å². The first-order valence-corrected chi connectivity index (χ1v) is 6.31. The molecule has 0 aromatic heterocycles. The third-order valence-electron chi connectivity index (χ3n) is 3.07. The molecule has 1 atom stereocenters. The van der Waals surface area contributed by atoms with Gasteiger partial charge < -0.3 is 5.73 Å². The van der Waals surface area contributed by atoms with Gasteiger partial charge in [-0.3, -0.25) is 4.90 Å². The zero-order valence-corrected chi connectivity index (χ0v) is 10.5. The highest BCUT2D eigenvalue weighted by atomic mass is 15.1. The number of likely N-dealkylation sites (N-methyl/N-ethyl adjacent to an activating group) is 1. The molecule has 0 spiro atoms. The Balaban J connectivity index is 3.59. The second-order valence-corrected chi connectivity index (χ2v) is 4.18. The molecule has 0 aliphatic carbocycles. The van der Waals surface area contributed by atoms with Gasteiger partial charge in [0.25, 0.3) is 0 Å². The van der Waals surface area contributed by atoms with Gasteiger partial charge in [-0.1, -0.05) is 26.3 Å². The molecule has 0 bridgehead atoms. The zero-order valence-electron chi connectivity index (χ0n) is 10.5. The van der Waals surface area contributed by atoms with Crippen LogP contribution in [0.2, 0.25) is 0 Å². The molecule has 2 N–H and O–H groups in total. The molecule has 2 heteroatoms. The molecule has 0 saturated heterocycles. The zero-order chi connectivity index (χ0) is 11.5. The molecular formula is C13H28N2. The van der Waals surface area contributed by atoms with Crippen LogP contribution in [0, 0.1) is 5.92 Å². The maximum absolute atomic E-state index is 5.59. The molecule has 0 aliphatic heterocycles. The largest absolute Gasteiger partial charge is 0.330 e. The fourth-order valence-electron chi connectivity index (χ4n) is 1.95. The summed E-state index contributed by atoms with van der Waals surface area (Å²) in [6.45, 7) is 12.4. The number of hydrogen-bond acceptors (Lipinski definition) is 2. The van der Waals surface area contributed by atoms with Crippen molar-refractivity contribution in [3.8, 4) is 0 Å². The molecule has 0 amide bonds. The summed E-state index contributed by atoms with van der Waals surface area (Å²) in [5.41, 5.74) is 5.59. The topological polar surface area (TPSA) is 29.3 Å². The van der Waals surface area contributed by atoms with Crippen LogP contribution in [0.3, 0.4) is 0 Å². The summed E-state index contributed by atoms with van der Waals surface area (Å²) in [4.78, 5) is 2.43. The van der Waals surface area contributed by atoms with Gasteiger partial charge in [0, 0.05) is 6.54 Å². The highest BCUT2D eigenvalue weighted by molar-refractivity contribution is 4.72. The van der Waals surface area contributed by atoms with Crippen LogP contribution in [-0.4, -0.2) is 31.1 Å². The van der Waals surface area contributed by atoms with Gasteiger partial charge in [0.15, 0.2) is 0 Å². The lowest BCUT2D eigenvalue weighted by atomic mass is 9.96. The highest BCUT2D eigenvalue weighted by Crippen LogP contribution is 2.14. The summed E-state index contributed by atoms with van der Waals surface area (Å²) in [6, 6.07) is 0. The Hall–Kier alpha value is -0.340. The average Bonchev–Trinajstić information content (AvgIpc) is 2.26. The summed E-state index contributed by atoms with van der Waals surface area (Å²) in [5.74, 6) is 0.831.